The number of nitrogens with zero attached hydrogens (tertiary/aromatic N) is 3. The molecule has 0 heterocycles. The number of hydrogen-bond donors (Lipinski definition) is 1. The van der Waals surface area contributed by atoms with Gasteiger partial charge in [-0.2, -0.15) is 0 Å². The van der Waals surface area contributed by atoms with E-state index in [0.717, 1.165) is 5.69 Å². The number of hydrogen-bond acceptors (Lipinski definition) is 7. The lowest BCUT2D eigenvalue weighted by Gasteiger charge is -1.99. The molecule has 0 amide bonds. The maximum absolute atomic E-state index is 10.5. The minimum atomic E-state index is -0.917. The van der Waals surface area contributed by atoms with Crippen molar-refractivity contribution in [2.75, 3.05) is 5.73 Å². The summed E-state index contributed by atoms with van der Waals surface area (Å²) in [4.78, 5) is 28.8. The second kappa shape index (κ2) is 7.63. The second-order valence-corrected chi connectivity index (χ2v) is 4.79. The predicted octanol–water partition coefficient (Wildman–Crippen LogP) is 3.30. The van der Waals surface area contributed by atoms with Gasteiger partial charge in [-0.1, -0.05) is 12.1 Å². The first-order valence-electron chi connectivity index (χ1n) is 6.53. The van der Waals surface area contributed by atoms with Gasteiger partial charge in [0, 0.05) is 5.69 Å². The Bertz CT molecular complexity index is 753. The Morgan fingerprint density at radius 2 is 1.33 bits per heavy atom. The summed E-state index contributed by atoms with van der Waals surface area (Å²) in [6, 6.07) is 9.19. The number of anilines is 1. The third-order valence-corrected chi connectivity index (χ3v) is 2.98. The topological polar surface area (TPSA) is 155 Å². The van der Waals surface area contributed by atoms with Crippen LogP contribution in [0.3, 0.4) is 0 Å². The summed E-state index contributed by atoms with van der Waals surface area (Å²) < 4.78 is 0. The fourth-order valence-electron chi connectivity index (χ4n) is 1.82. The molecule has 0 aliphatic rings. The van der Waals surface area contributed by atoms with Gasteiger partial charge >= 0.3 is 0 Å². The van der Waals surface area contributed by atoms with Crippen molar-refractivity contribution in [2.45, 2.75) is 13.8 Å². The quantitative estimate of drug-likeness (QED) is 0.512. The van der Waals surface area contributed by atoms with Gasteiger partial charge in [0.25, 0.3) is 17.1 Å². The van der Waals surface area contributed by atoms with Crippen molar-refractivity contribution in [1.29, 1.82) is 0 Å². The van der Waals surface area contributed by atoms with Crippen LogP contribution < -0.4 is 5.73 Å². The van der Waals surface area contributed by atoms with E-state index in [0.29, 0.717) is 12.1 Å². The molecule has 2 aromatic rings. The Morgan fingerprint density at radius 1 is 0.833 bits per heavy atom. The first kappa shape index (κ1) is 18.5. The number of benzene rings is 2. The third-order valence-electron chi connectivity index (χ3n) is 2.98. The number of nitro groups is 3. The monoisotopic (exact) mass is 334 g/mol. The van der Waals surface area contributed by atoms with Crippen LogP contribution in [-0.4, -0.2) is 14.8 Å². The minimum Gasteiger partial charge on any atom is -0.399 e. The molecule has 24 heavy (non-hydrogen) atoms. The Hall–Kier alpha value is -3.56. The van der Waals surface area contributed by atoms with Crippen molar-refractivity contribution in [2.24, 2.45) is 0 Å². The van der Waals surface area contributed by atoms with E-state index in [1.165, 1.54) is 12.5 Å². The molecule has 0 aliphatic heterocycles. The summed E-state index contributed by atoms with van der Waals surface area (Å²) in [6.07, 6.45) is 0. The van der Waals surface area contributed by atoms with E-state index in [2.05, 4.69) is 0 Å². The van der Waals surface area contributed by atoms with Crippen LogP contribution in [0.4, 0.5) is 22.7 Å². The predicted molar refractivity (Wildman–Crippen MR) is 86.7 cm³/mol. The third kappa shape index (κ3) is 4.73. The SMILES string of the molecule is Cc1c([N+](=O)[O-])cc([N+](=O)[O-])cc1[N+](=O)[O-].Cc1cccc(N)c1. The standard InChI is InChI=1S/C7H5N3O6.C7H9N/c1-4-6(9(13)14)2-5(8(11)12)3-7(4)10(15)16;1-6-3-2-4-7(8)5-6/h2-3H,1H3;2-5H,8H2,1H3. The van der Waals surface area contributed by atoms with Crippen molar-refractivity contribution in [1.82, 2.24) is 0 Å². The van der Waals surface area contributed by atoms with Crippen LogP contribution in [0.15, 0.2) is 36.4 Å². The molecule has 0 spiro atoms. The van der Waals surface area contributed by atoms with Crippen LogP contribution in [-0.2, 0) is 0 Å². The van der Waals surface area contributed by atoms with Crippen LogP contribution >= 0.6 is 0 Å². The van der Waals surface area contributed by atoms with Gasteiger partial charge in [0.15, 0.2) is 0 Å². The minimum absolute atomic E-state index is 0.208. The molecule has 10 nitrogen and oxygen atoms in total. The number of aryl methyl sites for hydroxylation is 1. The highest BCUT2D eigenvalue weighted by molar-refractivity contribution is 5.59. The number of non-ortho nitro benzene ring substituents is 1. The highest BCUT2D eigenvalue weighted by Crippen LogP contribution is 2.32. The van der Waals surface area contributed by atoms with Gasteiger partial charge < -0.3 is 5.73 Å². The summed E-state index contributed by atoms with van der Waals surface area (Å²) in [5.41, 5.74) is 5.35. The molecular formula is C14H14N4O6. The summed E-state index contributed by atoms with van der Waals surface area (Å²) in [7, 11) is 0. The molecule has 126 valence electrons. The summed E-state index contributed by atoms with van der Waals surface area (Å²) >= 11 is 0. The van der Waals surface area contributed by atoms with E-state index in [1.54, 1.807) is 0 Å². The van der Waals surface area contributed by atoms with Crippen LogP contribution in [0, 0.1) is 44.2 Å². The molecular weight excluding hydrogens is 320 g/mol. The highest BCUT2D eigenvalue weighted by Gasteiger charge is 2.27. The van der Waals surface area contributed by atoms with Crippen LogP contribution in [0.5, 0.6) is 0 Å². The molecule has 2 N–H and O–H groups in total. The fourth-order valence-corrected chi connectivity index (χ4v) is 1.82. The van der Waals surface area contributed by atoms with Crippen LogP contribution in [0.25, 0.3) is 0 Å². The van der Waals surface area contributed by atoms with Crippen molar-refractivity contribution in [3.05, 3.63) is 77.9 Å². The summed E-state index contributed by atoms with van der Waals surface area (Å²) in [6.45, 7) is 3.19. The van der Waals surface area contributed by atoms with E-state index >= 15 is 0 Å². The number of nitrogens with two attached hydrogens (primary N) is 1. The molecule has 10 heteroatoms. The first-order valence-corrected chi connectivity index (χ1v) is 6.53. The van der Waals surface area contributed by atoms with E-state index in [9.17, 15) is 30.3 Å². The number of nitrogen functional groups attached to an aromatic ring is 1. The normalized spacial score (nSPS) is 9.58. The van der Waals surface area contributed by atoms with Gasteiger partial charge in [0.2, 0.25) is 0 Å². The molecule has 0 bridgehead atoms. The summed E-state index contributed by atoms with van der Waals surface area (Å²) in [5.74, 6) is 0. The Balaban J connectivity index is 0.000000300. The molecule has 0 saturated carbocycles. The molecule has 2 aromatic carbocycles. The van der Waals surface area contributed by atoms with E-state index in [1.807, 2.05) is 31.2 Å². The smallest absolute Gasteiger partial charge is 0.286 e. The number of rotatable bonds is 3. The van der Waals surface area contributed by atoms with Gasteiger partial charge in [-0.15, -0.1) is 0 Å². The van der Waals surface area contributed by atoms with Gasteiger partial charge in [-0.25, -0.2) is 0 Å². The molecule has 0 radical (unpaired) electrons. The first-order chi connectivity index (χ1) is 11.1. The lowest BCUT2D eigenvalue weighted by Crippen LogP contribution is -2.00. The average Bonchev–Trinajstić information content (AvgIpc) is 2.46. The van der Waals surface area contributed by atoms with Crippen molar-refractivity contribution in [3.63, 3.8) is 0 Å². The zero-order valence-electron chi connectivity index (χ0n) is 12.8. The maximum atomic E-state index is 10.5. The van der Waals surface area contributed by atoms with Crippen LogP contribution in [0.1, 0.15) is 11.1 Å². The van der Waals surface area contributed by atoms with Gasteiger partial charge in [0.1, 0.15) is 5.56 Å². The zero-order valence-corrected chi connectivity index (χ0v) is 12.8. The molecule has 0 aliphatic carbocycles. The van der Waals surface area contributed by atoms with Crippen LogP contribution in [0.2, 0.25) is 0 Å². The molecule has 0 atom stereocenters. The molecule has 0 unspecified atom stereocenters. The van der Waals surface area contributed by atoms with E-state index in [-0.39, 0.29) is 5.56 Å². The van der Waals surface area contributed by atoms with E-state index in [4.69, 9.17) is 5.73 Å². The second-order valence-electron chi connectivity index (χ2n) is 4.79. The van der Waals surface area contributed by atoms with Crippen molar-refractivity contribution in [3.8, 4) is 0 Å². The zero-order chi connectivity index (χ0) is 18.4. The number of nitro benzene ring substituents is 3. The van der Waals surface area contributed by atoms with E-state index < -0.39 is 31.8 Å². The lowest BCUT2D eigenvalue weighted by atomic mass is 10.1. The average molecular weight is 334 g/mol. The fraction of sp³-hybridized carbons (Fsp3) is 0.143. The Labute approximate surface area is 136 Å². The Morgan fingerprint density at radius 3 is 1.62 bits per heavy atom. The highest BCUT2D eigenvalue weighted by atomic mass is 16.6. The van der Waals surface area contributed by atoms with Crippen molar-refractivity contribution < 1.29 is 14.8 Å². The van der Waals surface area contributed by atoms with Gasteiger partial charge in [-0.05, 0) is 31.5 Å². The van der Waals surface area contributed by atoms with Crippen molar-refractivity contribution >= 4 is 22.7 Å². The molecule has 2 rings (SSSR count). The largest absolute Gasteiger partial charge is 0.399 e. The summed E-state index contributed by atoms with van der Waals surface area (Å²) in [5, 5.41) is 31.5. The molecule has 0 saturated heterocycles. The van der Waals surface area contributed by atoms with Gasteiger partial charge in [0.05, 0.1) is 26.9 Å². The van der Waals surface area contributed by atoms with Gasteiger partial charge in [-0.3, -0.25) is 30.3 Å². The maximum Gasteiger partial charge on any atom is 0.286 e. The molecule has 0 aromatic heterocycles. The molecule has 0 fully saturated rings. The lowest BCUT2D eigenvalue weighted by molar-refractivity contribution is -0.403. The Kier molecular flexibility index (Phi) is 5.88.